The second-order valence-electron chi connectivity index (χ2n) is 11.0. The van der Waals surface area contributed by atoms with Gasteiger partial charge in [-0.25, -0.2) is 17.6 Å². The predicted octanol–water partition coefficient (Wildman–Crippen LogP) is 3.82. The average Bonchev–Trinajstić information content (AvgIpc) is 2.95. The number of ether oxygens (including phenoxy) is 1. The Labute approximate surface area is 240 Å². The van der Waals surface area contributed by atoms with Gasteiger partial charge in [-0.2, -0.15) is 4.31 Å². The Balaban J connectivity index is 1.59. The highest BCUT2D eigenvalue weighted by Gasteiger charge is 2.35. The van der Waals surface area contributed by atoms with Gasteiger partial charge in [0.05, 0.1) is 29.7 Å². The zero-order valence-corrected chi connectivity index (χ0v) is 24.5. The van der Waals surface area contributed by atoms with Gasteiger partial charge >= 0.3 is 6.03 Å². The van der Waals surface area contributed by atoms with Crippen LogP contribution >= 0.6 is 0 Å². The smallest absolute Gasteiger partial charge is 0.319 e. The minimum absolute atomic E-state index is 0.0420. The van der Waals surface area contributed by atoms with Crippen LogP contribution in [0.4, 0.5) is 14.9 Å². The average molecular weight is 591 g/mol. The predicted molar refractivity (Wildman–Crippen MR) is 153 cm³/mol. The fraction of sp³-hybridized carbons (Fsp3) is 0.517. The number of halogens is 1. The first-order valence-corrected chi connectivity index (χ1v) is 15.5. The van der Waals surface area contributed by atoms with Crippen LogP contribution in [0.3, 0.4) is 0 Å². The molecule has 1 aliphatic carbocycles. The Morgan fingerprint density at radius 2 is 1.85 bits per heavy atom. The topological polar surface area (TPSA) is 128 Å². The van der Waals surface area contributed by atoms with E-state index in [1.165, 1.54) is 25.6 Å². The Hall–Kier alpha value is -3.22. The molecule has 1 aliphatic heterocycles. The number of urea groups is 1. The number of nitrogens with one attached hydrogen (secondary N) is 2. The second kappa shape index (κ2) is 13.2. The van der Waals surface area contributed by atoms with Crippen LogP contribution in [0.25, 0.3) is 0 Å². The summed E-state index contributed by atoms with van der Waals surface area (Å²) in [5.74, 6) is -0.975. The molecule has 2 aliphatic rings. The number of anilines is 1. The fourth-order valence-corrected chi connectivity index (χ4v) is 6.44. The van der Waals surface area contributed by atoms with E-state index in [4.69, 9.17) is 4.74 Å². The molecule has 1 saturated carbocycles. The summed E-state index contributed by atoms with van der Waals surface area (Å²) in [4.78, 5) is 27.8. The SMILES string of the molecule is C[C@@H]1CN([C@H](C)CO)C(=O)c2cc(NC(=O)NC3CCCCC3)ccc2O[C@H]1CN(C)S(=O)(=O)c1ccc(F)cc1. The number of rotatable bonds is 8. The minimum atomic E-state index is -3.94. The molecular weight excluding hydrogens is 551 g/mol. The molecule has 3 amide bonds. The largest absolute Gasteiger partial charge is 0.488 e. The van der Waals surface area contributed by atoms with Crippen molar-refractivity contribution in [3.63, 3.8) is 0 Å². The number of carbonyl (C=O) groups is 2. The number of benzene rings is 2. The van der Waals surface area contributed by atoms with E-state index in [0.717, 1.165) is 42.1 Å². The highest BCUT2D eigenvalue weighted by molar-refractivity contribution is 7.89. The standard InChI is InChI=1S/C29H39FN4O6S/c1-19-16-34(20(2)18-35)28(36)25-15-23(32-29(37)31-22-7-5-4-6-8-22)11-14-26(25)40-27(19)17-33(3)41(38,39)24-12-9-21(30)10-13-24/h9-15,19-20,22,27,35H,4-8,16-18H2,1-3H3,(H2,31,32,37)/t19-,20-,27+/m1/s1. The summed E-state index contributed by atoms with van der Waals surface area (Å²) in [6.45, 7) is 3.48. The van der Waals surface area contributed by atoms with E-state index in [1.54, 1.807) is 30.0 Å². The van der Waals surface area contributed by atoms with Crippen LogP contribution in [0.1, 0.15) is 56.3 Å². The molecule has 41 heavy (non-hydrogen) atoms. The maximum absolute atomic E-state index is 13.7. The van der Waals surface area contributed by atoms with Gasteiger partial charge in [-0.05, 0) is 62.2 Å². The van der Waals surface area contributed by atoms with Gasteiger partial charge in [0.2, 0.25) is 10.0 Å². The number of hydrogen-bond donors (Lipinski definition) is 3. The summed E-state index contributed by atoms with van der Waals surface area (Å²) in [5, 5.41) is 15.7. The molecule has 0 radical (unpaired) electrons. The maximum atomic E-state index is 13.7. The van der Waals surface area contributed by atoms with Gasteiger partial charge in [0.1, 0.15) is 17.7 Å². The fourth-order valence-electron chi connectivity index (χ4n) is 5.26. The van der Waals surface area contributed by atoms with Crippen LogP contribution in [0.5, 0.6) is 5.75 Å². The monoisotopic (exact) mass is 590 g/mol. The van der Waals surface area contributed by atoms with Crippen molar-refractivity contribution in [3.05, 3.63) is 53.8 Å². The lowest BCUT2D eigenvalue weighted by Crippen LogP contribution is -2.50. The molecule has 2 aromatic carbocycles. The second-order valence-corrected chi connectivity index (χ2v) is 13.1. The summed E-state index contributed by atoms with van der Waals surface area (Å²) < 4.78 is 47.2. The first kappa shape index (κ1) is 30.7. The van der Waals surface area contributed by atoms with Gasteiger partial charge < -0.3 is 25.4 Å². The van der Waals surface area contributed by atoms with Crippen molar-refractivity contribution in [2.75, 3.05) is 32.1 Å². The van der Waals surface area contributed by atoms with Gasteiger partial charge in [-0.1, -0.05) is 26.2 Å². The van der Waals surface area contributed by atoms with Crippen molar-refractivity contribution in [3.8, 4) is 5.75 Å². The number of likely N-dealkylation sites (N-methyl/N-ethyl adjacent to an activating group) is 1. The minimum Gasteiger partial charge on any atom is -0.488 e. The third-order valence-corrected chi connectivity index (χ3v) is 9.66. The third-order valence-electron chi connectivity index (χ3n) is 7.82. The van der Waals surface area contributed by atoms with Crippen LogP contribution < -0.4 is 15.4 Å². The molecule has 3 N–H and O–H groups in total. The van der Waals surface area contributed by atoms with Gasteiger partial charge in [0.15, 0.2) is 0 Å². The molecule has 0 aromatic heterocycles. The van der Waals surface area contributed by atoms with Crippen molar-refractivity contribution >= 4 is 27.6 Å². The summed E-state index contributed by atoms with van der Waals surface area (Å²) in [5.41, 5.74) is 0.605. The van der Waals surface area contributed by atoms with Crippen LogP contribution in [0.2, 0.25) is 0 Å². The van der Waals surface area contributed by atoms with E-state index >= 15 is 0 Å². The quantitative estimate of drug-likeness (QED) is 0.429. The summed E-state index contributed by atoms with van der Waals surface area (Å²) in [6.07, 6.45) is 4.53. The molecule has 0 bridgehead atoms. The zero-order valence-electron chi connectivity index (χ0n) is 23.7. The molecule has 1 fully saturated rings. The lowest BCUT2D eigenvalue weighted by atomic mass is 9.96. The Bertz CT molecular complexity index is 1330. The molecule has 0 saturated heterocycles. The van der Waals surface area contributed by atoms with Gasteiger partial charge in [0.25, 0.3) is 5.91 Å². The normalized spacial score (nSPS) is 20.9. The van der Waals surface area contributed by atoms with Crippen molar-refractivity contribution < 1.29 is 32.2 Å². The van der Waals surface area contributed by atoms with E-state index in [0.29, 0.717) is 5.69 Å². The van der Waals surface area contributed by atoms with Gasteiger partial charge in [-0.3, -0.25) is 4.79 Å². The number of nitrogens with zero attached hydrogens (tertiary/aromatic N) is 2. The van der Waals surface area contributed by atoms with Crippen molar-refractivity contribution in [1.29, 1.82) is 0 Å². The highest BCUT2D eigenvalue weighted by Crippen LogP contribution is 2.31. The lowest BCUT2D eigenvalue weighted by Gasteiger charge is -2.38. The van der Waals surface area contributed by atoms with E-state index < -0.39 is 28.0 Å². The number of fused-ring (bicyclic) bond motifs is 1. The molecule has 12 heteroatoms. The Morgan fingerprint density at radius 1 is 1.17 bits per heavy atom. The number of aliphatic hydroxyl groups is 1. The maximum Gasteiger partial charge on any atom is 0.319 e. The van der Waals surface area contributed by atoms with Gasteiger partial charge in [0, 0.05) is 31.2 Å². The van der Waals surface area contributed by atoms with Crippen molar-refractivity contribution in [2.24, 2.45) is 5.92 Å². The first-order valence-electron chi connectivity index (χ1n) is 14.0. The summed E-state index contributed by atoms with van der Waals surface area (Å²) in [6, 6.07) is 8.62. The van der Waals surface area contributed by atoms with Gasteiger partial charge in [-0.15, -0.1) is 0 Å². The van der Waals surface area contributed by atoms with Crippen LogP contribution in [0, 0.1) is 11.7 Å². The van der Waals surface area contributed by atoms with E-state index in [2.05, 4.69) is 10.6 Å². The number of hydrogen-bond acceptors (Lipinski definition) is 6. The van der Waals surface area contributed by atoms with E-state index in [1.807, 2.05) is 6.92 Å². The number of carbonyl (C=O) groups excluding carboxylic acids is 2. The Morgan fingerprint density at radius 3 is 2.51 bits per heavy atom. The van der Waals surface area contributed by atoms with Crippen LogP contribution in [0.15, 0.2) is 47.4 Å². The summed E-state index contributed by atoms with van der Waals surface area (Å²) in [7, 11) is -2.52. The molecule has 0 unspecified atom stereocenters. The molecule has 0 spiro atoms. The molecular formula is C29H39FN4O6S. The number of amides is 3. The molecule has 10 nitrogen and oxygen atoms in total. The Kier molecular flexibility index (Phi) is 9.88. The van der Waals surface area contributed by atoms with Crippen LogP contribution in [-0.4, -0.2) is 79.6 Å². The molecule has 4 rings (SSSR count). The van der Waals surface area contributed by atoms with Crippen molar-refractivity contribution in [2.45, 2.75) is 69.0 Å². The van der Waals surface area contributed by atoms with E-state index in [9.17, 15) is 27.5 Å². The van der Waals surface area contributed by atoms with Crippen LogP contribution in [-0.2, 0) is 10.0 Å². The highest BCUT2D eigenvalue weighted by atomic mass is 32.2. The number of sulfonamides is 1. The molecule has 3 atom stereocenters. The molecule has 224 valence electrons. The molecule has 1 heterocycles. The first-order chi connectivity index (χ1) is 19.5. The zero-order chi connectivity index (χ0) is 29.7. The van der Waals surface area contributed by atoms with E-state index in [-0.39, 0.29) is 59.8 Å². The molecule has 2 aromatic rings. The third kappa shape index (κ3) is 7.35. The number of aliphatic hydroxyl groups excluding tert-OH is 1. The summed E-state index contributed by atoms with van der Waals surface area (Å²) >= 11 is 0. The lowest BCUT2D eigenvalue weighted by molar-refractivity contribution is 0.0387. The van der Waals surface area contributed by atoms with Crippen molar-refractivity contribution in [1.82, 2.24) is 14.5 Å².